The van der Waals surface area contributed by atoms with E-state index < -0.39 is 0 Å². The molecule has 2 nitrogen and oxygen atoms in total. The van der Waals surface area contributed by atoms with Gasteiger partial charge in [0, 0.05) is 16.5 Å². The van der Waals surface area contributed by atoms with Gasteiger partial charge >= 0.3 is 0 Å². The second kappa shape index (κ2) is 6.91. The molecule has 0 spiro atoms. The first-order valence-corrected chi connectivity index (χ1v) is 6.25. The molecule has 0 fully saturated rings. The summed E-state index contributed by atoms with van der Waals surface area (Å²) < 4.78 is 1.13. The van der Waals surface area contributed by atoms with Crippen LogP contribution in [-0.4, -0.2) is 6.54 Å². The predicted molar refractivity (Wildman–Crippen MR) is 72.1 cm³/mol. The second-order valence-corrected chi connectivity index (χ2v) is 4.82. The Morgan fingerprint density at radius 2 is 2.20 bits per heavy atom. The maximum absolute atomic E-state index is 8.36. The summed E-state index contributed by atoms with van der Waals surface area (Å²) in [6.45, 7) is 0.863. The Morgan fingerprint density at radius 3 is 2.87 bits per heavy atom. The van der Waals surface area contributed by atoms with Crippen LogP contribution >= 0.6 is 34.2 Å². The van der Waals surface area contributed by atoms with Gasteiger partial charge in [-0.3, -0.25) is 0 Å². The Bertz CT molecular complexity index is 360. The van der Waals surface area contributed by atoms with Crippen molar-refractivity contribution >= 4 is 39.9 Å². The number of unbranched alkanes of at least 4 members (excludes halogenated alkanes) is 2. The molecule has 1 aromatic carbocycles. The van der Waals surface area contributed by atoms with E-state index in [1.54, 1.807) is 0 Å². The molecule has 0 unspecified atom stereocenters. The van der Waals surface area contributed by atoms with Gasteiger partial charge in [0.15, 0.2) is 0 Å². The summed E-state index contributed by atoms with van der Waals surface area (Å²) in [5, 5.41) is 12.4. The van der Waals surface area contributed by atoms with Crippen LogP contribution in [-0.2, 0) is 0 Å². The SMILES string of the molecule is N#CCCCCNc1ccc(I)cc1Cl. The standard InChI is InChI=1S/C11H12ClIN2/c12-10-8-9(13)4-5-11(10)15-7-3-1-2-6-14/h4-5,8,15H,1-3,7H2. The van der Waals surface area contributed by atoms with Crippen LogP contribution in [0.3, 0.4) is 0 Å². The van der Waals surface area contributed by atoms with Gasteiger partial charge in [-0.25, -0.2) is 0 Å². The van der Waals surface area contributed by atoms with Gasteiger partial charge in [0.1, 0.15) is 0 Å². The lowest BCUT2D eigenvalue weighted by Crippen LogP contribution is -2.01. The molecule has 0 aliphatic rings. The van der Waals surface area contributed by atoms with E-state index in [1.807, 2.05) is 18.2 Å². The van der Waals surface area contributed by atoms with Gasteiger partial charge in [0.2, 0.25) is 0 Å². The lowest BCUT2D eigenvalue weighted by molar-refractivity contribution is 0.785. The number of nitrogens with one attached hydrogen (secondary N) is 1. The predicted octanol–water partition coefficient (Wildman–Crippen LogP) is 4.05. The van der Waals surface area contributed by atoms with E-state index in [9.17, 15) is 0 Å². The van der Waals surface area contributed by atoms with Crippen LogP contribution in [0, 0.1) is 14.9 Å². The van der Waals surface area contributed by atoms with Crippen molar-refractivity contribution in [1.29, 1.82) is 5.26 Å². The molecular formula is C11H12ClIN2. The molecule has 0 aliphatic carbocycles. The molecule has 0 saturated carbocycles. The summed E-state index contributed by atoms with van der Waals surface area (Å²) in [4.78, 5) is 0. The molecule has 1 rings (SSSR count). The third-order valence-corrected chi connectivity index (χ3v) is 2.95. The fourth-order valence-corrected chi connectivity index (χ4v) is 2.11. The van der Waals surface area contributed by atoms with E-state index in [0.717, 1.165) is 33.7 Å². The van der Waals surface area contributed by atoms with E-state index in [-0.39, 0.29) is 0 Å². The number of hydrogen-bond donors (Lipinski definition) is 1. The minimum Gasteiger partial charge on any atom is -0.384 e. The number of benzene rings is 1. The van der Waals surface area contributed by atoms with Gasteiger partial charge in [-0.1, -0.05) is 11.6 Å². The maximum atomic E-state index is 8.36. The zero-order chi connectivity index (χ0) is 11.1. The van der Waals surface area contributed by atoms with Crippen molar-refractivity contribution in [1.82, 2.24) is 0 Å². The zero-order valence-corrected chi connectivity index (χ0v) is 11.2. The van der Waals surface area contributed by atoms with Crippen molar-refractivity contribution < 1.29 is 0 Å². The fourth-order valence-electron chi connectivity index (χ4n) is 1.18. The molecule has 0 heterocycles. The van der Waals surface area contributed by atoms with E-state index in [1.165, 1.54) is 0 Å². The highest BCUT2D eigenvalue weighted by Gasteiger charge is 1.99. The van der Waals surface area contributed by atoms with Crippen molar-refractivity contribution in [2.45, 2.75) is 19.3 Å². The molecule has 15 heavy (non-hydrogen) atoms. The monoisotopic (exact) mass is 334 g/mol. The quantitative estimate of drug-likeness (QED) is 0.651. The van der Waals surface area contributed by atoms with Gasteiger partial charge < -0.3 is 5.32 Å². The number of hydrogen-bond acceptors (Lipinski definition) is 2. The van der Waals surface area contributed by atoms with Crippen molar-refractivity contribution in [2.75, 3.05) is 11.9 Å². The molecule has 0 radical (unpaired) electrons. The smallest absolute Gasteiger partial charge is 0.0648 e. The summed E-state index contributed by atoms with van der Waals surface area (Å²) in [6.07, 6.45) is 2.56. The van der Waals surface area contributed by atoms with E-state index in [4.69, 9.17) is 16.9 Å². The lowest BCUT2D eigenvalue weighted by Gasteiger charge is -2.07. The molecule has 0 bridgehead atoms. The molecule has 0 atom stereocenters. The summed E-state index contributed by atoms with van der Waals surface area (Å²) in [6, 6.07) is 8.06. The zero-order valence-electron chi connectivity index (χ0n) is 8.26. The first kappa shape index (κ1) is 12.6. The number of nitrogens with zero attached hydrogens (tertiary/aromatic N) is 1. The summed E-state index contributed by atoms with van der Waals surface area (Å²) >= 11 is 8.28. The minimum atomic E-state index is 0.627. The van der Waals surface area contributed by atoms with Gasteiger partial charge in [-0.15, -0.1) is 0 Å². The van der Waals surface area contributed by atoms with E-state index >= 15 is 0 Å². The molecule has 1 aromatic rings. The largest absolute Gasteiger partial charge is 0.384 e. The van der Waals surface area contributed by atoms with Crippen LogP contribution in [0.15, 0.2) is 18.2 Å². The van der Waals surface area contributed by atoms with Crippen LogP contribution < -0.4 is 5.32 Å². The van der Waals surface area contributed by atoms with Crippen LogP contribution in [0.1, 0.15) is 19.3 Å². The van der Waals surface area contributed by atoms with Crippen LogP contribution in [0.4, 0.5) is 5.69 Å². The number of nitriles is 1. The van der Waals surface area contributed by atoms with Crippen molar-refractivity contribution in [3.8, 4) is 6.07 Å². The van der Waals surface area contributed by atoms with Crippen LogP contribution in [0.25, 0.3) is 0 Å². The molecule has 1 N–H and O–H groups in total. The molecule has 80 valence electrons. The van der Waals surface area contributed by atoms with Crippen LogP contribution in [0.2, 0.25) is 5.02 Å². The maximum Gasteiger partial charge on any atom is 0.0648 e. The lowest BCUT2D eigenvalue weighted by atomic mass is 10.2. The Hall–Kier alpha value is -0.470. The first-order valence-electron chi connectivity index (χ1n) is 4.80. The molecule has 0 aliphatic heterocycles. The van der Waals surface area contributed by atoms with Crippen molar-refractivity contribution in [2.24, 2.45) is 0 Å². The molecular weight excluding hydrogens is 322 g/mol. The fraction of sp³-hybridized carbons (Fsp3) is 0.364. The van der Waals surface area contributed by atoms with E-state index in [2.05, 4.69) is 34.0 Å². The van der Waals surface area contributed by atoms with Gasteiger partial charge in [0.25, 0.3) is 0 Å². The third-order valence-electron chi connectivity index (χ3n) is 1.96. The van der Waals surface area contributed by atoms with Crippen molar-refractivity contribution in [3.63, 3.8) is 0 Å². The number of rotatable bonds is 5. The Labute approximate surface area is 109 Å². The topological polar surface area (TPSA) is 35.8 Å². The van der Waals surface area contributed by atoms with E-state index in [0.29, 0.717) is 6.42 Å². The van der Waals surface area contributed by atoms with Gasteiger partial charge in [-0.2, -0.15) is 5.26 Å². The summed E-state index contributed by atoms with van der Waals surface area (Å²) in [5.74, 6) is 0. The van der Waals surface area contributed by atoms with Crippen LogP contribution in [0.5, 0.6) is 0 Å². The van der Waals surface area contributed by atoms with Gasteiger partial charge in [-0.05, 0) is 53.6 Å². The highest BCUT2D eigenvalue weighted by molar-refractivity contribution is 14.1. The Balaban J connectivity index is 2.35. The average Bonchev–Trinajstić information content (AvgIpc) is 2.20. The highest BCUT2D eigenvalue weighted by Crippen LogP contribution is 2.23. The molecule has 0 amide bonds. The molecule has 4 heteroatoms. The minimum absolute atomic E-state index is 0.627. The average molecular weight is 335 g/mol. The number of halogens is 2. The Kier molecular flexibility index (Phi) is 5.81. The van der Waals surface area contributed by atoms with Crippen molar-refractivity contribution in [3.05, 3.63) is 26.8 Å². The highest BCUT2D eigenvalue weighted by atomic mass is 127. The molecule has 0 saturated heterocycles. The van der Waals surface area contributed by atoms with Gasteiger partial charge in [0.05, 0.1) is 16.8 Å². The second-order valence-electron chi connectivity index (χ2n) is 3.17. The normalized spacial score (nSPS) is 9.67. The Morgan fingerprint density at radius 1 is 1.40 bits per heavy atom. The first-order chi connectivity index (χ1) is 7.24. The third kappa shape index (κ3) is 4.72. The number of anilines is 1. The molecule has 0 aromatic heterocycles. The summed E-state index contributed by atoms with van der Waals surface area (Å²) in [5.41, 5.74) is 0.967. The summed E-state index contributed by atoms with van der Waals surface area (Å²) in [7, 11) is 0.